The first-order chi connectivity index (χ1) is 9.01. The van der Waals surface area contributed by atoms with Crippen molar-refractivity contribution in [3.05, 3.63) is 20.8 Å². The van der Waals surface area contributed by atoms with E-state index < -0.39 is 0 Å². The molecule has 5 heteroatoms. The minimum atomic E-state index is 0.111. The van der Waals surface area contributed by atoms with E-state index >= 15 is 0 Å². The average molecular weight is 346 g/mol. The fourth-order valence-corrected chi connectivity index (χ4v) is 5.25. The van der Waals surface area contributed by atoms with Gasteiger partial charge in [0.25, 0.3) is 0 Å². The molecule has 1 aromatic rings. The van der Waals surface area contributed by atoms with Gasteiger partial charge in [-0.05, 0) is 60.2 Å². The molecule has 1 aromatic heterocycles. The van der Waals surface area contributed by atoms with Crippen molar-refractivity contribution in [1.29, 1.82) is 0 Å². The highest BCUT2D eigenvalue weighted by Gasteiger charge is 2.45. The van der Waals surface area contributed by atoms with Crippen molar-refractivity contribution in [1.82, 2.24) is 10.3 Å². The van der Waals surface area contributed by atoms with Crippen LogP contribution >= 0.6 is 27.3 Å². The monoisotopic (exact) mass is 345 g/mol. The second-order valence-electron chi connectivity index (χ2n) is 5.93. The molecule has 3 nitrogen and oxygen atoms in total. The zero-order chi connectivity index (χ0) is 14.0. The van der Waals surface area contributed by atoms with Crippen molar-refractivity contribution < 1.29 is 0 Å². The Hall–Kier alpha value is 0.0600. The Morgan fingerprint density at radius 2 is 2.32 bits per heavy atom. The van der Waals surface area contributed by atoms with E-state index in [0.29, 0.717) is 0 Å². The van der Waals surface area contributed by atoms with Gasteiger partial charge < -0.3 is 4.90 Å². The van der Waals surface area contributed by atoms with Crippen LogP contribution in [0.4, 0.5) is 0 Å². The molecule has 2 rings (SSSR count). The van der Waals surface area contributed by atoms with Gasteiger partial charge in [-0.1, -0.05) is 19.8 Å². The molecule has 0 radical (unpaired) electrons. The topological polar surface area (TPSA) is 41.3 Å². The SMILES string of the molecule is CC1CCCC(C(NN)c2sccc2Br)(N(C)C)C1. The molecule has 0 spiro atoms. The summed E-state index contributed by atoms with van der Waals surface area (Å²) in [6.45, 7) is 2.36. The van der Waals surface area contributed by atoms with Crippen LogP contribution in [0.25, 0.3) is 0 Å². The number of hydrazine groups is 1. The summed E-state index contributed by atoms with van der Waals surface area (Å²) in [4.78, 5) is 3.68. The lowest BCUT2D eigenvalue weighted by Crippen LogP contribution is -2.57. The maximum absolute atomic E-state index is 5.94. The Bertz CT molecular complexity index is 421. The van der Waals surface area contributed by atoms with E-state index in [1.807, 2.05) is 0 Å². The summed E-state index contributed by atoms with van der Waals surface area (Å²) in [7, 11) is 4.37. The van der Waals surface area contributed by atoms with Gasteiger partial charge in [-0.15, -0.1) is 11.3 Å². The van der Waals surface area contributed by atoms with E-state index in [-0.39, 0.29) is 11.6 Å². The molecule has 0 bridgehead atoms. The second kappa shape index (κ2) is 6.22. The smallest absolute Gasteiger partial charge is 0.0747 e. The van der Waals surface area contributed by atoms with Gasteiger partial charge in [0.2, 0.25) is 0 Å². The molecule has 0 saturated heterocycles. The predicted molar refractivity (Wildman–Crippen MR) is 86.1 cm³/mol. The first-order valence-corrected chi connectivity index (χ1v) is 8.55. The molecule has 0 aromatic carbocycles. The van der Waals surface area contributed by atoms with E-state index in [1.165, 1.54) is 35.0 Å². The lowest BCUT2D eigenvalue weighted by molar-refractivity contribution is 0.0376. The third kappa shape index (κ3) is 2.90. The van der Waals surface area contributed by atoms with Gasteiger partial charge >= 0.3 is 0 Å². The fourth-order valence-electron chi connectivity index (χ4n) is 3.48. The van der Waals surface area contributed by atoms with Gasteiger partial charge in [-0.2, -0.15) is 0 Å². The van der Waals surface area contributed by atoms with Crippen molar-refractivity contribution in [2.45, 2.75) is 44.2 Å². The zero-order valence-electron chi connectivity index (χ0n) is 11.9. The summed E-state index contributed by atoms with van der Waals surface area (Å²) in [5.41, 5.74) is 3.21. The summed E-state index contributed by atoms with van der Waals surface area (Å²) in [6.07, 6.45) is 5.00. The van der Waals surface area contributed by atoms with E-state index in [1.54, 1.807) is 11.3 Å². The van der Waals surface area contributed by atoms with Crippen LogP contribution in [0.3, 0.4) is 0 Å². The molecule has 3 unspecified atom stereocenters. The molecule has 1 heterocycles. The first kappa shape index (κ1) is 15.4. The van der Waals surface area contributed by atoms with Gasteiger partial charge in [0.1, 0.15) is 0 Å². The summed E-state index contributed by atoms with van der Waals surface area (Å²) in [6, 6.07) is 2.29. The van der Waals surface area contributed by atoms with Crippen LogP contribution in [-0.2, 0) is 0 Å². The van der Waals surface area contributed by atoms with Crippen LogP contribution in [0.5, 0.6) is 0 Å². The van der Waals surface area contributed by atoms with E-state index in [9.17, 15) is 0 Å². The van der Waals surface area contributed by atoms with E-state index in [4.69, 9.17) is 5.84 Å². The number of nitrogens with one attached hydrogen (secondary N) is 1. The van der Waals surface area contributed by atoms with Crippen LogP contribution in [0, 0.1) is 5.92 Å². The van der Waals surface area contributed by atoms with Crippen molar-refractivity contribution in [3.63, 3.8) is 0 Å². The number of rotatable bonds is 4. The van der Waals surface area contributed by atoms with Crippen molar-refractivity contribution in [3.8, 4) is 0 Å². The molecule has 3 N–H and O–H groups in total. The van der Waals surface area contributed by atoms with Crippen molar-refractivity contribution >= 4 is 27.3 Å². The number of hydrogen-bond donors (Lipinski definition) is 2. The Morgan fingerprint density at radius 1 is 1.58 bits per heavy atom. The van der Waals surface area contributed by atoms with Gasteiger partial charge in [0, 0.05) is 14.9 Å². The predicted octanol–water partition coefficient (Wildman–Crippen LogP) is 3.53. The molecular formula is C14H24BrN3S. The maximum atomic E-state index is 5.94. The minimum Gasteiger partial charge on any atom is -0.302 e. The largest absolute Gasteiger partial charge is 0.302 e. The maximum Gasteiger partial charge on any atom is 0.0747 e. The van der Waals surface area contributed by atoms with Crippen LogP contribution in [-0.4, -0.2) is 24.5 Å². The summed E-state index contributed by atoms with van der Waals surface area (Å²) in [5.74, 6) is 6.70. The fraction of sp³-hybridized carbons (Fsp3) is 0.714. The highest BCUT2D eigenvalue weighted by Crippen LogP contribution is 2.46. The van der Waals surface area contributed by atoms with Gasteiger partial charge in [0.15, 0.2) is 0 Å². The summed E-state index contributed by atoms with van der Waals surface area (Å²) < 4.78 is 1.17. The normalized spacial score (nSPS) is 29.7. The Balaban J connectivity index is 2.39. The Morgan fingerprint density at radius 3 is 2.79 bits per heavy atom. The number of halogens is 1. The average Bonchev–Trinajstić information content (AvgIpc) is 2.76. The summed E-state index contributed by atoms with van der Waals surface area (Å²) >= 11 is 5.44. The Labute approximate surface area is 128 Å². The first-order valence-electron chi connectivity index (χ1n) is 6.87. The minimum absolute atomic E-state index is 0.111. The molecule has 1 saturated carbocycles. The number of likely N-dealkylation sites (N-methyl/N-ethyl adjacent to an activating group) is 1. The molecule has 3 atom stereocenters. The van der Waals surface area contributed by atoms with Crippen LogP contribution < -0.4 is 11.3 Å². The highest BCUT2D eigenvalue weighted by atomic mass is 79.9. The van der Waals surface area contributed by atoms with Crippen LogP contribution in [0.2, 0.25) is 0 Å². The quantitative estimate of drug-likeness (QED) is 0.647. The van der Waals surface area contributed by atoms with Crippen LogP contribution in [0.1, 0.15) is 43.5 Å². The number of nitrogens with zero attached hydrogens (tertiary/aromatic N) is 1. The molecule has 0 aliphatic heterocycles. The summed E-state index contributed by atoms with van der Waals surface area (Å²) in [5, 5.41) is 2.12. The molecule has 108 valence electrons. The molecule has 1 aliphatic carbocycles. The number of thiophene rings is 1. The van der Waals surface area contributed by atoms with Crippen molar-refractivity contribution in [2.75, 3.05) is 14.1 Å². The molecule has 19 heavy (non-hydrogen) atoms. The zero-order valence-corrected chi connectivity index (χ0v) is 14.4. The highest BCUT2D eigenvalue weighted by molar-refractivity contribution is 9.10. The standard InChI is InChI=1S/C14H24BrN3S/c1-10-5-4-7-14(9-10,18(2)3)13(17-16)12-11(15)6-8-19-12/h6,8,10,13,17H,4-5,7,9,16H2,1-3H3. The lowest BCUT2D eigenvalue weighted by atomic mass is 9.71. The lowest BCUT2D eigenvalue weighted by Gasteiger charge is -2.49. The van der Waals surface area contributed by atoms with Gasteiger partial charge in [-0.25, -0.2) is 0 Å². The molecule has 0 amide bonds. The van der Waals surface area contributed by atoms with E-state index in [0.717, 1.165) is 5.92 Å². The number of hydrogen-bond acceptors (Lipinski definition) is 4. The third-order valence-electron chi connectivity index (χ3n) is 4.51. The second-order valence-corrected chi connectivity index (χ2v) is 7.73. The van der Waals surface area contributed by atoms with Gasteiger partial charge in [-0.3, -0.25) is 11.3 Å². The Kier molecular flexibility index (Phi) is 5.06. The molecule has 1 aliphatic rings. The van der Waals surface area contributed by atoms with E-state index in [2.05, 4.69) is 58.7 Å². The molecular weight excluding hydrogens is 322 g/mol. The van der Waals surface area contributed by atoms with Crippen molar-refractivity contribution in [2.24, 2.45) is 11.8 Å². The number of nitrogens with two attached hydrogens (primary N) is 1. The molecule has 1 fully saturated rings. The third-order valence-corrected chi connectivity index (χ3v) is 6.45. The van der Waals surface area contributed by atoms with Gasteiger partial charge in [0.05, 0.1) is 6.04 Å². The van der Waals surface area contributed by atoms with Crippen LogP contribution in [0.15, 0.2) is 15.9 Å².